The smallest absolute Gasteiger partial charge is 0.357 e. The van der Waals surface area contributed by atoms with Gasteiger partial charge in [0.05, 0.1) is 23.2 Å². The van der Waals surface area contributed by atoms with E-state index in [0.717, 1.165) is 0 Å². The number of amides is 2. The molecule has 0 aliphatic rings. The lowest BCUT2D eigenvalue weighted by molar-refractivity contribution is 0.0520. The molecule has 1 aromatic heterocycles. The standard InChI is InChI=1S/C19H23Cl2N3O4S/c1-3-27-9-5-8-24(11-17-23-16(12-29-17)18(25)28-4-2)19(26)22-13-6-7-14(20)15(21)10-13/h6-7,10,12H,3-5,8-9,11H2,1-2H3,(H,22,26). The topological polar surface area (TPSA) is 80.8 Å². The van der Waals surface area contributed by atoms with Crippen molar-refractivity contribution in [2.75, 3.05) is 31.7 Å². The summed E-state index contributed by atoms with van der Waals surface area (Å²) in [4.78, 5) is 30.5. The average molecular weight is 460 g/mol. The van der Waals surface area contributed by atoms with Gasteiger partial charge in [0.25, 0.3) is 0 Å². The maximum absolute atomic E-state index is 12.8. The van der Waals surface area contributed by atoms with E-state index in [1.807, 2.05) is 6.92 Å². The van der Waals surface area contributed by atoms with Gasteiger partial charge in [-0.15, -0.1) is 11.3 Å². The first-order valence-corrected chi connectivity index (χ1v) is 10.8. The summed E-state index contributed by atoms with van der Waals surface area (Å²) in [7, 11) is 0. The summed E-state index contributed by atoms with van der Waals surface area (Å²) in [6, 6.07) is 4.56. The van der Waals surface area contributed by atoms with Crippen molar-refractivity contribution in [3.05, 3.63) is 44.3 Å². The maximum atomic E-state index is 12.8. The fourth-order valence-electron chi connectivity index (χ4n) is 2.38. The number of rotatable bonds is 10. The number of esters is 1. The lowest BCUT2D eigenvalue weighted by Gasteiger charge is -2.22. The molecule has 1 aromatic carbocycles. The molecule has 10 heteroatoms. The molecule has 2 amide bonds. The van der Waals surface area contributed by atoms with Gasteiger partial charge in [0.2, 0.25) is 0 Å². The van der Waals surface area contributed by atoms with E-state index in [9.17, 15) is 9.59 Å². The second kappa shape index (κ2) is 12.0. The van der Waals surface area contributed by atoms with Crippen LogP contribution in [0.2, 0.25) is 10.0 Å². The molecular weight excluding hydrogens is 437 g/mol. The van der Waals surface area contributed by atoms with E-state index in [0.29, 0.717) is 46.9 Å². The van der Waals surface area contributed by atoms with Crippen LogP contribution in [0.15, 0.2) is 23.6 Å². The molecule has 0 spiro atoms. The van der Waals surface area contributed by atoms with Crippen molar-refractivity contribution >= 4 is 52.2 Å². The van der Waals surface area contributed by atoms with Gasteiger partial charge in [-0.25, -0.2) is 14.6 Å². The van der Waals surface area contributed by atoms with Crippen molar-refractivity contribution in [2.24, 2.45) is 0 Å². The van der Waals surface area contributed by atoms with Crippen molar-refractivity contribution in [1.29, 1.82) is 0 Å². The molecule has 0 aliphatic heterocycles. The van der Waals surface area contributed by atoms with E-state index < -0.39 is 5.97 Å². The minimum absolute atomic E-state index is 0.242. The summed E-state index contributed by atoms with van der Waals surface area (Å²) in [6.07, 6.45) is 0.665. The molecule has 0 saturated heterocycles. The third-order valence-electron chi connectivity index (χ3n) is 3.74. The monoisotopic (exact) mass is 459 g/mol. The highest BCUT2D eigenvalue weighted by Gasteiger charge is 2.18. The van der Waals surface area contributed by atoms with Crippen molar-refractivity contribution < 1.29 is 19.1 Å². The number of thiazole rings is 1. The zero-order chi connectivity index (χ0) is 21.2. The zero-order valence-corrected chi connectivity index (χ0v) is 18.6. The Morgan fingerprint density at radius 1 is 1.21 bits per heavy atom. The van der Waals surface area contributed by atoms with Crippen LogP contribution < -0.4 is 5.32 Å². The number of urea groups is 1. The Bertz CT molecular complexity index is 832. The number of carbonyl (C=O) groups excluding carboxylic acids is 2. The summed E-state index contributed by atoms with van der Waals surface area (Å²) in [6.45, 7) is 5.80. The second-order valence-corrected chi connectivity index (χ2v) is 7.64. The van der Waals surface area contributed by atoms with Gasteiger partial charge < -0.3 is 19.7 Å². The number of benzene rings is 1. The van der Waals surface area contributed by atoms with E-state index in [-0.39, 0.29) is 24.9 Å². The second-order valence-electron chi connectivity index (χ2n) is 5.88. The first kappa shape index (κ1) is 23.4. The number of nitrogens with one attached hydrogen (secondary N) is 1. The number of hydrogen-bond acceptors (Lipinski definition) is 6. The van der Waals surface area contributed by atoms with E-state index >= 15 is 0 Å². The summed E-state index contributed by atoms with van der Waals surface area (Å²) in [5.74, 6) is -0.474. The summed E-state index contributed by atoms with van der Waals surface area (Å²) in [5, 5.41) is 5.83. The summed E-state index contributed by atoms with van der Waals surface area (Å²) in [5.41, 5.74) is 0.775. The average Bonchev–Trinajstić information content (AvgIpc) is 3.16. The first-order valence-electron chi connectivity index (χ1n) is 9.14. The Kier molecular flexibility index (Phi) is 9.66. The lowest BCUT2D eigenvalue weighted by atomic mass is 10.3. The van der Waals surface area contributed by atoms with Crippen LogP contribution >= 0.6 is 34.5 Å². The molecule has 2 aromatic rings. The predicted molar refractivity (Wildman–Crippen MR) is 115 cm³/mol. The van der Waals surface area contributed by atoms with Crippen molar-refractivity contribution in [1.82, 2.24) is 9.88 Å². The number of anilines is 1. The van der Waals surface area contributed by atoms with E-state index in [4.69, 9.17) is 32.7 Å². The minimum Gasteiger partial charge on any atom is -0.461 e. The van der Waals surface area contributed by atoms with Gasteiger partial charge in [-0.2, -0.15) is 0 Å². The van der Waals surface area contributed by atoms with Crippen LogP contribution in [0.3, 0.4) is 0 Å². The predicted octanol–water partition coefficient (Wildman–Crippen LogP) is 5.09. The number of ether oxygens (including phenoxy) is 2. The van der Waals surface area contributed by atoms with Gasteiger partial charge >= 0.3 is 12.0 Å². The van der Waals surface area contributed by atoms with E-state index in [1.54, 1.807) is 35.4 Å². The molecule has 0 aliphatic carbocycles. The molecule has 158 valence electrons. The molecule has 29 heavy (non-hydrogen) atoms. The van der Waals surface area contributed by atoms with Crippen LogP contribution in [-0.2, 0) is 16.0 Å². The molecule has 0 bridgehead atoms. The van der Waals surface area contributed by atoms with Crippen LogP contribution in [0.5, 0.6) is 0 Å². The fraction of sp³-hybridized carbons (Fsp3) is 0.421. The Morgan fingerprint density at radius 3 is 2.69 bits per heavy atom. The molecule has 0 radical (unpaired) electrons. The summed E-state index contributed by atoms with van der Waals surface area (Å²) >= 11 is 13.2. The van der Waals surface area contributed by atoms with Gasteiger partial charge in [-0.1, -0.05) is 23.2 Å². The highest BCUT2D eigenvalue weighted by Crippen LogP contribution is 2.25. The largest absolute Gasteiger partial charge is 0.461 e. The SMILES string of the molecule is CCOCCCN(Cc1nc(C(=O)OCC)cs1)C(=O)Nc1ccc(Cl)c(Cl)c1. The molecule has 1 N–H and O–H groups in total. The van der Waals surface area contributed by atoms with Crippen LogP contribution in [0.25, 0.3) is 0 Å². The summed E-state index contributed by atoms with van der Waals surface area (Å²) < 4.78 is 10.3. The number of carbonyl (C=O) groups is 2. The molecular formula is C19H23Cl2N3O4S. The third-order valence-corrected chi connectivity index (χ3v) is 5.31. The van der Waals surface area contributed by atoms with Crippen LogP contribution in [0, 0.1) is 0 Å². The molecule has 0 fully saturated rings. The van der Waals surface area contributed by atoms with Gasteiger partial charge in [0, 0.05) is 30.8 Å². The van der Waals surface area contributed by atoms with Crippen molar-refractivity contribution in [2.45, 2.75) is 26.8 Å². The molecule has 0 saturated carbocycles. The zero-order valence-electron chi connectivity index (χ0n) is 16.2. The van der Waals surface area contributed by atoms with Crippen LogP contribution in [0.1, 0.15) is 35.8 Å². The number of halogens is 2. The van der Waals surface area contributed by atoms with Crippen molar-refractivity contribution in [3.8, 4) is 0 Å². The Balaban J connectivity index is 2.07. The number of nitrogens with zero attached hydrogens (tertiary/aromatic N) is 2. The maximum Gasteiger partial charge on any atom is 0.357 e. The first-order chi connectivity index (χ1) is 13.9. The van der Waals surface area contributed by atoms with Crippen molar-refractivity contribution in [3.63, 3.8) is 0 Å². The van der Waals surface area contributed by atoms with Gasteiger partial charge in [0.1, 0.15) is 5.01 Å². The Labute approximate surface area is 183 Å². The quantitative estimate of drug-likeness (QED) is 0.395. The van der Waals surface area contributed by atoms with Gasteiger partial charge in [0.15, 0.2) is 5.69 Å². The lowest BCUT2D eigenvalue weighted by Crippen LogP contribution is -2.35. The van der Waals surface area contributed by atoms with Gasteiger partial charge in [-0.05, 0) is 38.5 Å². The van der Waals surface area contributed by atoms with Crippen LogP contribution in [0.4, 0.5) is 10.5 Å². The van der Waals surface area contributed by atoms with E-state index in [1.165, 1.54) is 11.3 Å². The highest BCUT2D eigenvalue weighted by atomic mass is 35.5. The number of aromatic nitrogens is 1. The normalized spacial score (nSPS) is 10.6. The fourth-order valence-corrected chi connectivity index (χ4v) is 3.45. The number of hydrogen-bond donors (Lipinski definition) is 1. The molecule has 1 heterocycles. The van der Waals surface area contributed by atoms with Gasteiger partial charge in [-0.3, -0.25) is 0 Å². The molecule has 0 unspecified atom stereocenters. The Hall–Kier alpha value is -1.87. The van der Waals surface area contributed by atoms with Crippen LogP contribution in [-0.4, -0.2) is 48.2 Å². The molecule has 7 nitrogen and oxygen atoms in total. The third kappa shape index (κ3) is 7.47. The Morgan fingerprint density at radius 2 is 2.00 bits per heavy atom. The minimum atomic E-state index is -0.474. The molecule has 0 atom stereocenters. The highest BCUT2D eigenvalue weighted by molar-refractivity contribution is 7.09. The molecule has 2 rings (SSSR count). The van der Waals surface area contributed by atoms with E-state index in [2.05, 4.69) is 10.3 Å².